The molecule has 0 aromatic carbocycles. The summed E-state index contributed by atoms with van der Waals surface area (Å²) in [7, 11) is 3.29. The highest BCUT2D eigenvalue weighted by Gasteiger charge is 2.09. The predicted octanol–water partition coefficient (Wildman–Crippen LogP) is 1.27. The van der Waals surface area contributed by atoms with Crippen LogP contribution >= 0.6 is 0 Å². The minimum absolute atomic E-state index is 0.376. The smallest absolute Gasteiger partial charge is 0.237 e. The molecule has 86 valence electrons. The van der Waals surface area contributed by atoms with E-state index in [1.54, 1.807) is 32.3 Å². The quantitative estimate of drug-likeness (QED) is 0.667. The molecule has 4 N–H and O–H groups in total. The van der Waals surface area contributed by atoms with Gasteiger partial charge in [-0.05, 0) is 19.1 Å². The number of ether oxygens (including phenoxy) is 1. The number of aromatic nitrogens is 1. The molecule has 1 rings (SSSR count). The minimum atomic E-state index is 0.376. The number of nitrogen functional groups attached to an aromatic ring is 1. The van der Waals surface area contributed by atoms with Crippen molar-refractivity contribution >= 4 is 17.0 Å². The Kier molecular flexibility index (Phi) is 3.88. The van der Waals surface area contributed by atoms with Gasteiger partial charge in [-0.25, -0.2) is 4.98 Å². The molecule has 1 heterocycles. The number of methoxy groups -OCH3 is 1. The van der Waals surface area contributed by atoms with Crippen LogP contribution < -0.4 is 15.8 Å². The lowest BCUT2D eigenvalue weighted by atomic mass is 10.1. The van der Waals surface area contributed by atoms with Gasteiger partial charge < -0.3 is 21.2 Å². The second-order valence-electron chi connectivity index (χ2n) is 3.27. The zero-order valence-electron chi connectivity index (χ0n) is 9.66. The van der Waals surface area contributed by atoms with E-state index in [0.29, 0.717) is 28.5 Å². The van der Waals surface area contributed by atoms with Gasteiger partial charge in [0.25, 0.3) is 0 Å². The van der Waals surface area contributed by atoms with Gasteiger partial charge in [0.2, 0.25) is 5.88 Å². The van der Waals surface area contributed by atoms with Crippen molar-refractivity contribution in [2.45, 2.75) is 6.92 Å². The van der Waals surface area contributed by atoms with Crippen molar-refractivity contribution < 1.29 is 4.74 Å². The highest BCUT2D eigenvalue weighted by molar-refractivity contribution is 6.20. The summed E-state index contributed by atoms with van der Waals surface area (Å²) < 4.78 is 5.04. The van der Waals surface area contributed by atoms with Crippen molar-refractivity contribution in [3.05, 3.63) is 24.0 Å². The van der Waals surface area contributed by atoms with E-state index >= 15 is 0 Å². The van der Waals surface area contributed by atoms with Crippen molar-refractivity contribution in [2.75, 3.05) is 19.9 Å². The molecule has 0 unspecified atom stereocenters. The van der Waals surface area contributed by atoms with E-state index in [-0.39, 0.29) is 0 Å². The Labute approximate surface area is 94.8 Å². The minimum Gasteiger partial charge on any atom is -0.480 e. The summed E-state index contributed by atoms with van der Waals surface area (Å²) in [4.78, 5) is 4.23. The molecular formula is C11H16N4O. The summed E-state index contributed by atoms with van der Waals surface area (Å²) in [5.74, 6) is 0.376. The standard InChI is InChI=1S/C11H16N4O/c1-7(12)8(6-14-2)10-5-4-9(13)11(15-10)16-3/h4-6,12,14H,13H2,1-3H3/b8-6+,12-7?. The highest BCUT2D eigenvalue weighted by Crippen LogP contribution is 2.22. The van der Waals surface area contributed by atoms with Gasteiger partial charge in [-0.2, -0.15) is 0 Å². The number of nitrogens with zero attached hydrogens (tertiary/aromatic N) is 1. The third-order valence-corrected chi connectivity index (χ3v) is 2.05. The second kappa shape index (κ2) is 5.16. The van der Waals surface area contributed by atoms with E-state index in [2.05, 4.69) is 10.3 Å². The van der Waals surface area contributed by atoms with Crippen LogP contribution in [0.25, 0.3) is 5.57 Å². The third kappa shape index (κ3) is 2.50. The number of anilines is 1. The Hall–Kier alpha value is -2.04. The number of hydrogen-bond donors (Lipinski definition) is 3. The third-order valence-electron chi connectivity index (χ3n) is 2.05. The Morgan fingerprint density at radius 2 is 2.25 bits per heavy atom. The summed E-state index contributed by atoms with van der Waals surface area (Å²) in [6, 6.07) is 3.48. The lowest BCUT2D eigenvalue weighted by molar-refractivity contribution is 0.400. The maximum atomic E-state index is 7.65. The van der Waals surface area contributed by atoms with Gasteiger partial charge in [-0.15, -0.1) is 0 Å². The molecule has 0 radical (unpaired) electrons. The fraction of sp³-hybridized carbons (Fsp3) is 0.273. The van der Waals surface area contributed by atoms with Crippen LogP contribution in [0.15, 0.2) is 18.3 Å². The first-order chi connectivity index (χ1) is 7.60. The summed E-state index contributed by atoms with van der Waals surface area (Å²) in [5, 5.41) is 10.5. The summed E-state index contributed by atoms with van der Waals surface area (Å²) in [6.07, 6.45) is 1.72. The van der Waals surface area contributed by atoms with Crippen molar-refractivity contribution in [3.8, 4) is 5.88 Å². The topological polar surface area (TPSA) is 84.0 Å². The number of nitrogens with two attached hydrogens (primary N) is 1. The molecule has 0 saturated carbocycles. The zero-order chi connectivity index (χ0) is 12.1. The molecule has 5 heteroatoms. The maximum Gasteiger partial charge on any atom is 0.237 e. The van der Waals surface area contributed by atoms with Crippen LogP contribution in [-0.2, 0) is 0 Å². The van der Waals surface area contributed by atoms with Crippen molar-refractivity contribution in [3.63, 3.8) is 0 Å². The van der Waals surface area contributed by atoms with E-state index in [0.717, 1.165) is 0 Å². The normalized spacial score (nSPS) is 11.1. The lowest BCUT2D eigenvalue weighted by Gasteiger charge is -2.08. The SMILES string of the molecule is CN/C=C(\C(C)=N)c1ccc(N)c(OC)n1. The van der Waals surface area contributed by atoms with Gasteiger partial charge in [-0.1, -0.05) is 0 Å². The van der Waals surface area contributed by atoms with Crippen LogP contribution in [0.5, 0.6) is 5.88 Å². The van der Waals surface area contributed by atoms with Crippen molar-refractivity contribution in [2.24, 2.45) is 0 Å². The van der Waals surface area contributed by atoms with Crippen LogP contribution in [-0.4, -0.2) is 24.9 Å². The number of hydrogen-bond acceptors (Lipinski definition) is 5. The summed E-state index contributed by atoms with van der Waals surface area (Å²) >= 11 is 0. The fourth-order valence-electron chi connectivity index (χ4n) is 1.28. The van der Waals surface area contributed by atoms with Gasteiger partial charge in [0.05, 0.1) is 18.5 Å². The van der Waals surface area contributed by atoms with E-state index in [9.17, 15) is 0 Å². The Morgan fingerprint density at radius 1 is 1.56 bits per heavy atom. The van der Waals surface area contributed by atoms with Gasteiger partial charge >= 0.3 is 0 Å². The second-order valence-corrected chi connectivity index (χ2v) is 3.27. The molecule has 0 aliphatic carbocycles. The van der Waals surface area contributed by atoms with E-state index in [1.165, 1.54) is 7.11 Å². The molecule has 0 amide bonds. The first-order valence-corrected chi connectivity index (χ1v) is 4.84. The number of allylic oxidation sites excluding steroid dienone is 1. The van der Waals surface area contributed by atoms with Crippen molar-refractivity contribution in [1.82, 2.24) is 10.3 Å². The first kappa shape index (κ1) is 12.0. The van der Waals surface area contributed by atoms with Crippen LogP contribution in [0.1, 0.15) is 12.6 Å². The molecule has 1 aromatic heterocycles. The average Bonchev–Trinajstić information content (AvgIpc) is 2.26. The largest absolute Gasteiger partial charge is 0.480 e. The molecule has 0 spiro atoms. The van der Waals surface area contributed by atoms with Crippen LogP contribution in [0.4, 0.5) is 5.69 Å². The highest BCUT2D eigenvalue weighted by atomic mass is 16.5. The molecule has 0 atom stereocenters. The Bertz CT molecular complexity index is 426. The molecule has 0 saturated heterocycles. The number of rotatable bonds is 4. The Balaban J connectivity index is 3.21. The van der Waals surface area contributed by atoms with E-state index < -0.39 is 0 Å². The lowest BCUT2D eigenvalue weighted by Crippen LogP contribution is -2.05. The van der Waals surface area contributed by atoms with E-state index in [4.69, 9.17) is 15.9 Å². The molecule has 0 aliphatic rings. The van der Waals surface area contributed by atoms with Gasteiger partial charge in [0, 0.05) is 24.5 Å². The number of pyridine rings is 1. The fourth-order valence-corrected chi connectivity index (χ4v) is 1.28. The summed E-state index contributed by atoms with van der Waals surface area (Å²) in [6.45, 7) is 1.70. The van der Waals surface area contributed by atoms with E-state index in [1.807, 2.05) is 0 Å². The van der Waals surface area contributed by atoms with Crippen LogP contribution in [0.3, 0.4) is 0 Å². The number of nitrogens with one attached hydrogen (secondary N) is 2. The predicted molar refractivity (Wildman–Crippen MR) is 65.6 cm³/mol. The zero-order valence-corrected chi connectivity index (χ0v) is 9.66. The Morgan fingerprint density at radius 3 is 2.75 bits per heavy atom. The molecular weight excluding hydrogens is 204 g/mol. The first-order valence-electron chi connectivity index (χ1n) is 4.84. The van der Waals surface area contributed by atoms with Gasteiger partial charge in [0.15, 0.2) is 0 Å². The average molecular weight is 220 g/mol. The monoisotopic (exact) mass is 220 g/mol. The molecule has 1 aromatic rings. The van der Waals surface area contributed by atoms with Crippen molar-refractivity contribution in [1.29, 1.82) is 5.41 Å². The molecule has 5 nitrogen and oxygen atoms in total. The summed E-state index contributed by atoms with van der Waals surface area (Å²) in [5.41, 5.74) is 7.95. The van der Waals surface area contributed by atoms with Gasteiger partial charge in [-0.3, -0.25) is 0 Å². The van der Waals surface area contributed by atoms with Gasteiger partial charge in [0.1, 0.15) is 0 Å². The van der Waals surface area contributed by atoms with Crippen LogP contribution in [0, 0.1) is 5.41 Å². The molecule has 0 aliphatic heterocycles. The maximum absolute atomic E-state index is 7.65. The molecule has 0 fully saturated rings. The molecule has 16 heavy (non-hydrogen) atoms. The van der Waals surface area contributed by atoms with Crippen LogP contribution in [0.2, 0.25) is 0 Å². The molecule has 0 bridgehead atoms.